The molecule has 0 aliphatic heterocycles. The molecule has 5 heteroatoms. The van der Waals surface area contributed by atoms with Crippen LogP contribution in [0.1, 0.15) is 25.7 Å². The van der Waals surface area contributed by atoms with Gasteiger partial charge in [-0.25, -0.2) is 0 Å². The molecule has 0 aromatic heterocycles. The van der Waals surface area contributed by atoms with Crippen molar-refractivity contribution in [2.45, 2.75) is 25.7 Å². The molecule has 68 valence electrons. The fourth-order valence-corrected chi connectivity index (χ4v) is 1.27. The van der Waals surface area contributed by atoms with E-state index in [0.29, 0.717) is 6.61 Å². The van der Waals surface area contributed by atoms with Crippen molar-refractivity contribution in [3.8, 4) is 0 Å². The van der Waals surface area contributed by atoms with E-state index in [9.17, 15) is 4.57 Å². The van der Waals surface area contributed by atoms with Gasteiger partial charge in [0.1, 0.15) is 0 Å². The molecule has 0 radical (unpaired) electrons. The standard InChI is InChI=1S/C6H15O3PS/c7-10(8)9-5-3-1-2-4-6-11/h10-11H,1-6H2,(H,7,8). The van der Waals surface area contributed by atoms with E-state index in [2.05, 4.69) is 17.2 Å². The van der Waals surface area contributed by atoms with Crippen LogP contribution in [0.15, 0.2) is 0 Å². The molecule has 1 atom stereocenters. The molecule has 0 bridgehead atoms. The summed E-state index contributed by atoms with van der Waals surface area (Å²) in [6.45, 7) is 0.404. The number of rotatable bonds is 7. The molecule has 0 aliphatic carbocycles. The van der Waals surface area contributed by atoms with Crippen molar-refractivity contribution in [1.29, 1.82) is 0 Å². The summed E-state index contributed by atoms with van der Waals surface area (Å²) in [4.78, 5) is 8.27. The highest BCUT2D eigenvalue weighted by Crippen LogP contribution is 2.15. The van der Waals surface area contributed by atoms with E-state index in [1.165, 1.54) is 0 Å². The molecule has 0 aliphatic rings. The second kappa shape index (κ2) is 8.60. The smallest absolute Gasteiger partial charge is 0.316 e. The molecule has 11 heavy (non-hydrogen) atoms. The molecule has 0 heterocycles. The lowest BCUT2D eigenvalue weighted by Crippen LogP contribution is -1.87. The number of unbranched alkanes of at least 4 members (excludes halogenated alkanes) is 3. The fraction of sp³-hybridized carbons (Fsp3) is 1.00. The van der Waals surface area contributed by atoms with Crippen LogP contribution in [0.5, 0.6) is 0 Å². The zero-order chi connectivity index (χ0) is 8.53. The van der Waals surface area contributed by atoms with Crippen LogP contribution >= 0.6 is 20.9 Å². The maximum atomic E-state index is 10.0. The Morgan fingerprint density at radius 2 is 1.91 bits per heavy atom. The average molecular weight is 198 g/mol. The summed E-state index contributed by atoms with van der Waals surface area (Å²) < 4.78 is 14.5. The van der Waals surface area contributed by atoms with Gasteiger partial charge >= 0.3 is 8.25 Å². The molecular weight excluding hydrogens is 183 g/mol. The molecule has 1 unspecified atom stereocenters. The van der Waals surface area contributed by atoms with Crippen molar-refractivity contribution >= 4 is 20.9 Å². The normalized spacial score (nSPS) is 13.3. The summed E-state index contributed by atoms with van der Waals surface area (Å²) >= 11 is 4.06. The van der Waals surface area contributed by atoms with Crippen LogP contribution in [0, 0.1) is 0 Å². The van der Waals surface area contributed by atoms with Crippen LogP contribution in [0.4, 0.5) is 0 Å². The first-order valence-corrected chi connectivity index (χ1v) is 5.63. The zero-order valence-electron chi connectivity index (χ0n) is 6.45. The Kier molecular flexibility index (Phi) is 8.99. The van der Waals surface area contributed by atoms with Gasteiger partial charge in [-0.2, -0.15) is 12.6 Å². The second-order valence-corrected chi connectivity index (χ2v) is 3.52. The van der Waals surface area contributed by atoms with Crippen molar-refractivity contribution in [2.24, 2.45) is 0 Å². The van der Waals surface area contributed by atoms with Gasteiger partial charge in [0.25, 0.3) is 0 Å². The van der Waals surface area contributed by atoms with Crippen LogP contribution in [-0.2, 0) is 9.09 Å². The topological polar surface area (TPSA) is 46.5 Å². The molecular formula is C6H15O3PS. The monoisotopic (exact) mass is 198 g/mol. The van der Waals surface area contributed by atoms with E-state index < -0.39 is 8.25 Å². The highest BCUT2D eigenvalue weighted by molar-refractivity contribution is 7.80. The van der Waals surface area contributed by atoms with Gasteiger partial charge in [0.15, 0.2) is 0 Å². The summed E-state index contributed by atoms with van der Waals surface area (Å²) in [5.74, 6) is 0.914. The Morgan fingerprint density at radius 1 is 1.27 bits per heavy atom. The Balaban J connectivity index is 2.85. The molecule has 0 saturated carbocycles. The first-order valence-electron chi connectivity index (χ1n) is 3.74. The van der Waals surface area contributed by atoms with Gasteiger partial charge in [0.2, 0.25) is 0 Å². The van der Waals surface area contributed by atoms with E-state index in [4.69, 9.17) is 4.89 Å². The van der Waals surface area contributed by atoms with Crippen molar-refractivity contribution < 1.29 is 14.0 Å². The summed E-state index contributed by atoms with van der Waals surface area (Å²) in [6, 6.07) is 0. The van der Waals surface area contributed by atoms with E-state index >= 15 is 0 Å². The SMILES string of the molecule is O=[PH](O)OCCCCCCS. The van der Waals surface area contributed by atoms with Crippen LogP contribution in [-0.4, -0.2) is 17.3 Å². The van der Waals surface area contributed by atoms with Gasteiger partial charge < -0.3 is 9.42 Å². The molecule has 3 nitrogen and oxygen atoms in total. The first kappa shape index (κ1) is 11.5. The maximum Gasteiger partial charge on any atom is 0.316 e. The third kappa shape index (κ3) is 10.5. The van der Waals surface area contributed by atoms with Crippen LogP contribution in [0.2, 0.25) is 0 Å². The molecule has 0 aromatic rings. The van der Waals surface area contributed by atoms with Crippen LogP contribution in [0.25, 0.3) is 0 Å². The zero-order valence-corrected chi connectivity index (χ0v) is 8.35. The highest BCUT2D eigenvalue weighted by atomic mass is 32.1. The molecule has 1 N–H and O–H groups in total. The van der Waals surface area contributed by atoms with E-state index in [1.54, 1.807) is 0 Å². The second-order valence-electron chi connectivity index (χ2n) is 2.25. The van der Waals surface area contributed by atoms with Crippen LogP contribution < -0.4 is 0 Å². The molecule has 0 aromatic carbocycles. The third-order valence-electron chi connectivity index (χ3n) is 1.28. The third-order valence-corrected chi connectivity index (χ3v) is 2.05. The largest absolute Gasteiger partial charge is 0.326 e. The van der Waals surface area contributed by atoms with E-state index in [-0.39, 0.29) is 0 Å². The van der Waals surface area contributed by atoms with Crippen molar-refractivity contribution in [3.63, 3.8) is 0 Å². The van der Waals surface area contributed by atoms with Gasteiger partial charge in [-0.15, -0.1) is 0 Å². The van der Waals surface area contributed by atoms with Crippen molar-refractivity contribution in [1.82, 2.24) is 0 Å². The summed E-state index contributed by atoms with van der Waals surface area (Å²) in [5.41, 5.74) is 0. The van der Waals surface area contributed by atoms with Crippen molar-refractivity contribution in [2.75, 3.05) is 12.4 Å². The molecule has 0 saturated heterocycles. The predicted molar refractivity (Wildman–Crippen MR) is 49.5 cm³/mol. The summed E-state index contributed by atoms with van der Waals surface area (Å²) in [7, 11) is -2.69. The molecule has 0 rings (SSSR count). The van der Waals surface area contributed by atoms with Gasteiger partial charge in [0.05, 0.1) is 6.61 Å². The van der Waals surface area contributed by atoms with E-state index in [0.717, 1.165) is 31.4 Å². The quantitative estimate of drug-likeness (QED) is 0.373. The lowest BCUT2D eigenvalue weighted by Gasteiger charge is -1.98. The van der Waals surface area contributed by atoms with Gasteiger partial charge in [0, 0.05) is 0 Å². The minimum Gasteiger partial charge on any atom is -0.326 e. The first-order chi connectivity index (χ1) is 5.27. The predicted octanol–water partition coefficient (Wildman–Crippen LogP) is 1.88. The van der Waals surface area contributed by atoms with E-state index in [1.807, 2.05) is 0 Å². The average Bonchev–Trinajstić information content (AvgIpc) is 1.96. The molecule has 0 amide bonds. The van der Waals surface area contributed by atoms with Gasteiger partial charge in [-0.3, -0.25) is 4.57 Å². The maximum absolute atomic E-state index is 10.0. The summed E-state index contributed by atoms with van der Waals surface area (Å²) in [6.07, 6.45) is 4.15. The minimum absolute atomic E-state index is 0.404. The Morgan fingerprint density at radius 3 is 2.45 bits per heavy atom. The van der Waals surface area contributed by atoms with Crippen LogP contribution in [0.3, 0.4) is 0 Å². The lowest BCUT2D eigenvalue weighted by molar-refractivity contribution is 0.274. The summed E-state index contributed by atoms with van der Waals surface area (Å²) in [5, 5.41) is 0. The Hall–Kier alpha value is 0.500. The van der Waals surface area contributed by atoms with Gasteiger partial charge in [-0.05, 0) is 18.6 Å². The van der Waals surface area contributed by atoms with Crippen molar-refractivity contribution in [3.05, 3.63) is 0 Å². The number of hydrogen-bond acceptors (Lipinski definition) is 3. The molecule has 0 fully saturated rings. The number of thiol groups is 1. The fourth-order valence-electron chi connectivity index (χ4n) is 0.727. The Labute approximate surface area is 73.5 Å². The van der Waals surface area contributed by atoms with Gasteiger partial charge in [-0.1, -0.05) is 12.8 Å². The molecule has 0 spiro atoms. The number of hydrogen-bond donors (Lipinski definition) is 2. The Bertz CT molecular complexity index is 110. The highest BCUT2D eigenvalue weighted by Gasteiger charge is 1.92. The minimum atomic E-state index is -2.69. The lowest BCUT2D eigenvalue weighted by atomic mass is 10.2.